The van der Waals surface area contributed by atoms with Gasteiger partial charge in [0.15, 0.2) is 0 Å². The summed E-state index contributed by atoms with van der Waals surface area (Å²) in [6.45, 7) is 4.25. The van der Waals surface area contributed by atoms with Crippen LogP contribution in [0.25, 0.3) is 5.69 Å². The summed E-state index contributed by atoms with van der Waals surface area (Å²) in [4.78, 5) is 19.7. The van der Waals surface area contributed by atoms with Crippen LogP contribution < -0.4 is 4.90 Å². The van der Waals surface area contributed by atoms with Crippen LogP contribution >= 0.6 is 11.8 Å². The minimum atomic E-state index is -0.376. The topological polar surface area (TPSA) is 74.8 Å². The normalized spacial score (nSPS) is 14.1. The van der Waals surface area contributed by atoms with Crippen molar-refractivity contribution in [2.75, 3.05) is 11.4 Å². The molecular weight excluding hydrogens is 406 g/mol. The van der Waals surface area contributed by atoms with Gasteiger partial charge in [-0.1, -0.05) is 47.7 Å². The maximum atomic E-state index is 13.3. The van der Waals surface area contributed by atoms with Crippen LogP contribution in [0.15, 0.2) is 59.8 Å². The molecule has 1 aromatic heterocycles. The van der Waals surface area contributed by atoms with E-state index >= 15 is 0 Å². The Labute approximate surface area is 186 Å². The summed E-state index contributed by atoms with van der Waals surface area (Å²) in [6.07, 6.45) is 2.53. The average Bonchev–Trinajstić information content (AvgIpc) is 3.55. The molecule has 1 amide bonds. The van der Waals surface area contributed by atoms with Crippen molar-refractivity contribution in [2.45, 2.75) is 49.4 Å². The molecule has 1 fully saturated rings. The van der Waals surface area contributed by atoms with Crippen LogP contribution in [0.1, 0.15) is 43.5 Å². The molecular formula is C24H25N5OS. The summed E-state index contributed by atoms with van der Waals surface area (Å²) in [5, 5.41) is 14.0. The van der Waals surface area contributed by atoms with E-state index < -0.39 is 0 Å². The van der Waals surface area contributed by atoms with Crippen molar-refractivity contribution in [2.24, 2.45) is 0 Å². The van der Waals surface area contributed by atoms with Gasteiger partial charge in [-0.2, -0.15) is 5.26 Å². The Morgan fingerprint density at radius 3 is 2.58 bits per heavy atom. The molecule has 4 rings (SSSR count). The summed E-state index contributed by atoms with van der Waals surface area (Å²) >= 11 is 1.37. The van der Waals surface area contributed by atoms with Gasteiger partial charge in [0.05, 0.1) is 23.4 Å². The number of carbonyl (C=O) groups excluding carboxylic acids is 1. The number of hydrogen-bond acceptors (Lipinski definition) is 5. The lowest BCUT2D eigenvalue weighted by atomic mass is 10.2. The zero-order chi connectivity index (χ0) is 21.8. The lowest BCUT2D eigenvalue weighted by Gasteiger charge is -2.24. The van der Waals surface area contributed by atoms with E-state index in [4.69, 9.17) is 15.3 Å². The fourth-order valence-corrected chi connectivity index (χ4v) is 4.22. The van der Waals surface area contributed by atoms with E-state index in [2.05, 4.69) is 6.07 Å². The zero-order valence-electron chi connectivity index (χ0n) is 17.7. The average molecular weight is 432 g/mol. The van der Waals surface area contributed by atoms with E-state index in [1.807, 2.05) is 73.1 Å². The Morgan fingerprint density at radius 1 is 1.23 bits per heavy atom. The third kappa shape index (κ3) is 4.97. The Balaban J connectivity index is 1.55. The third-order valence-electron chi connectivity index (χ3n) is 5.24. The van der Waals surface area contributed by atoms with Gasteiger partial charge in [0.1, 0.15) is 5.82 Å². The maximum Gasteiger partial charge on any atom is 0.240 e. The van der Waals surface area contributed by atoms with Crippen LogP contribution in [0.2, 0.25) is 0 Å². The number of benzene rings is 2. The second-order valence-electron chi connectivity index (χ2n) is 7.77. The first kappa shape index (κ1) is 21.1. The number of anilines is 1. The molecule has 7 heteroatoms. The molecule has 1 saturated carbocycles. The van der Waals surface area contributed by atoms with E-state index in [1.54, 1.807) is 4.90 Å². The Bertz CT molecular complexity index is 1080. The Hall–Kier alpha value is -3.11. The molecule has 31 heavy (non-hydrogen) atoms. The standard InChI is InChI=1S/C24H25N5OS/c1-17-9-13-20(14-10-17)28(16-6-15-25)23(30)18(2)31-24-26-22(19-11-12-19)29(27-24)21-7-4-3-5-8-21/h3-5,7-10,13-14,18-19H,6,11-12,16H2,1-2H3/t18-/m0/s1. The van der Waals surface area contributed by atoms with Crippen molar-refractivity contribution in [3.8, 4) is 11.8 Å². The van der Waals surface area contributed by atoms with E-state index in [1.165, 1.54) is 11.8 Å². The molecule has 0 unspecified atom stereocenters. The molecule has 158 valence electrons. The Morgan fingerprint density at radius 2 is 1.94 bits per heavy atom. The number of nitrogens with zero attached hydrogens (tertiary/aromatic N) is 5. The largest absolute Gasteiger partial charge is 0.310 e. The smallest absolute Gasteiger partial charge is 0.240 e. The second kappa shape index (κ2) is 9.36. The van der Waals surface area contributed by atoms with Crippen molar-refractivity contribution in [1.29, 1.82) is 5.26 Å². The molecule has 1 heterocycles. The highest BCUT2D eigenvalue weighted by molar-refractivity contribution is 8.00. The molecule has 1 aliphatic carbocycles. The third-order valence-corrected chi connectivity index (χ3v) is 6.18. The van der Waals surface area contributed by atoms with Gasteiger partial charge < -0.3 is 4.90 Å². The summed E-state index contributed by atoms with van der Waals surface area (Å²) < 4.78 is 1.91. The number of hydrogen-bond donors (Lipinski definition) is 0. The molecule has 0 bridgehead atoms. The summed E-state index contributed by atoms with van der Waals surface area (Å²) in [6, 6.07) is 19.9. The van der Waals surface area contributed by atoms with Crippen LogP contribution in [0, 0.1) is 18.3 Å². The van der Waals surface area contributed by atoms with Crippen molar-refractivity contribution in [1.82, 2.24) is 14.8 Å². The zero-order valence-corrected chi connectivity index (χ0v) is 18.5. The fraction of sp³-hybridized carbons (Fsp3) is 0.333. The number of amides is 1. The van der Waals surface area contributed by atoms with Crippen molar-refractivity contribution >= 4 is 23.4 Å². The molecule has 0 N–H and O–H groups in total. The first-order chi connectivity index (χ1) is 15.1. The number of thioether (sulfide) groups is 1. The lowest BCUT2D eigenvalue weighted by Crippen LogP contribution is -2.37. The summed E-state index contributed by atoms with van der Waals surface area (Å²) in [5.41, 5.74) is 2.92. The van der Waals surface area contributed by atoms with Gasteiger partial charge in [0.25, 0.3) is 0 Å². The number of aryl methyl sites for hydroxylation is 1. The van der Waals surface area contributed by atoms with Crippen molar-refractivity contribution in [3.63, 3.8) is 0 Å². The van der Waals surface area contributed by atoms with E-state index in [0.29, 0.717) is 17.6 Å². The highest BCUT2D eigenvalue weighted by Gasteiger charge is 2.31. The molecule has 0 radical (unpaired) electrons. The maximum absolute atomic E-state index is 13.3. The molecule has 2 aromatic carbocycles. The van der Waals surface area contributed by atoms with Crippen molar-refractivity contribution in [3.05, 3.63) is 66.0 Å². The SMILES string of the molecule is Cc1ccc(N(CCC#N)C(=O)[C@H](C)Sc2nc(C3CC3)n(-c3ccccc3)n2)cc1. The summed E-state index contributed by atoms with van der Waals surface area (Å²) in [7, 11) is 0. The van der Waals surface area contributed by atoms with Gasteiger partial charge in [-0.05, 0) is 51.0 Å². The van der Waals surface area contributed by atoms with Crippen LogP contribution in [0.3, 0.4) is 0 Å². The van der Waals surface area contributed by atoms with Crippen LogP contribution in [-0.4, -0.2) is 32.5 Å². The molecule has 0 spiro atoms. The first-order valence-corrected chi connectivity index (χ1v) is 11.4. The van der Waals surface area contributed by atoms with Crippen molar-refractivity contribution < 1.29 is 4.79 Å². The number of aromatic nitrogens is 3. The fourth-order valence-electron chi connectivity index (χ4n) is 3.40. The van der Waals surface area contributed by atoms with Gasteiger partial charge in [-0.3, -0.25) is 4.79 Å². The number of nitriles is 1. The van der Waals surface area contributed by atoms with Gasteiger partial charge in [-0.15, -0.1) is 5.10 Å². The van der Waals surface area contributed by atoms with Crippen LogP contribution in [-0.2, 0) is 4.79 Å². The minimum Gasteiger partial charge on any atom is -0.310 e. The van der Waals surface area contributed by atoms with Gasteiger partial charge >= 0.3 is 0 Å². The molecule has 1 aliphatic rings. The van der Waals surface area contributed by atoms with Gasteiger partial charge in [-0.25, -0.2) is 9.67 Å². The highest BCUT2D eigenvalue weighted by atomic mass is 32.2. The Kier molecular flexibility index (Phi) is 6.38. The van der Waals surface area contributed by atoms with Gasteiger partial charge in [0, 0.05) is 18.2 Å². The van der Waals surface area contributed by atoms with Crippen LogP contribution in [0.5, 0.6) is 0 Å². The monoisotopic (exact) mass is 431 g/mol. The molecule has 1 atom stereocenters. The molecule has 6 nitrogen and oxygen atoms in total. The van der Waals surface area contributed by atoms with Gasteiger partial charge in [0.2, 0.25) is 11.1 Å². The van der Waals surface area contributed by atoms with E-state index in [0.717, 1.165) is 35.6 Å². The molecule has 0 aliphatic heterocycles. The number of para-hydroxylation sites is 1. The quantitative estimate of drug-likeness (QED) is 0.475. The second-order valence-corrected chi connectivity index (χ2v) is 9.08. The summed E-state index contributed by atoms with van der Waals surface area (Å²) in [5.74, 6) is 1.36. The predicted octanol–water partition coefficient (Wildman–Crippen LogP) is 4.88. The predicted molar refractivity (Wildman–Crippen MR) is 122 cm³/mol. The van der Waals surface area contributed by atoms with E-state index in [9.17, 15) is 4.79 Å². The lowest BCUT2D eigenvalue weighted by molar-refractivity contribution is -0.117. The minimum absolute atomic E-state index is 0.0480. The first-order valence-electron chi connectivity index (χ1n) is 10.5. The molecule has 0 saturated heterocycles. The molecule has 3 aromatic rings. The number of rotatable bonds is 8. The highest BCUT2D eigenvalue weighted by Crippen LogP contribution is 2.40. The van der Waals surface area contributed by atoms with E-state index in [-0.39, 0.29) is 17.6 Å². The van der Waals surface area contributed by atoms with Crippen LogP contribution in [0.4, 0.5) is 5.69 Å². The number of carbonyl (C=O) groups is 1.